The van der Waals surface area contributed by atoms with E-state index in [1.54, 1.807) is 7.11 Å². The van der Waals surface area contributed by atoms with Crippen LogP contribution in [0, 0.1) is 0 Å². The predicted molar refractivity (Wildman–Crippen MR) is 111 cm³/mol. The summed E-state index contributed by atoms with van der Waals surface area (Å²) in [5.41, 5.74) is 7.35. The third kappa shape index (κ3) is 5.04. The summed E-state index contributed by atoms with van der Waals surface area (Å²) < 4.78 is 13.2. The molecular formula is C20H34N6O2. The summed E-state index contributed by atoms with van der Waals surface area (Å²) in [4.78, 5) is 15.9. The molecule has 1 fully saturated rings. The van der Waals surface area contributed by atoms with Crippen LogP contribution >= 0.6 is 0 Å². The monoisotopic (exact) mass is 390 g/mol. The molecule has 0 aromatic carbocycles. The van der Waals surface area contributed by atoms with E-state index in [9.17, 15) is 0 Å². The third-order valence-electron chi connectivity index (χ3n) is 5.43. The lowest BCUT2D eigenvalue weighted by molar-refractivity contribution is 0.200. The molecule has 1 atom stereocenters. The zero-order valence-electron chi connectivity index (χ0n) is 17.5. The number of imidazole rings is 1. The van der Waals surface area contributed by atoms with Crippen LogP contribution in [-0.2, 0) is 6.54 Å². The van der Waals surface area contributed by atoms with Crippen molar-refractivity contribution in [3.05, 3.63) is 0 Å². The van der Waals surface area contributed by atoms with Crippen LogP contribution in [0.1, 0.15) is 58.8 Å². The highest BCUT2D eigenvalue weighted by Gasteiger charge is 2.18. The molecule has 1 unspecified atom stereocenters. The second-order valence-electron chi connectivity index (χ2n) is 7.61. The average Bonchev–Trinajstić information content (AvgIpc) is 3.06. The molecular weight excluding hydrogens is 356 g/mol. The number of nitrogens with zero attached hydrogens (tertiary/aromatic N) is 5. The van der Waals surface area contributed by atoms with Gasteiger partial charge in [-0.3, -0.25) is 4.57 Å². The normalized spacial score (nSPS) is 16.4. The van der Waals surface area contributed by atoms with E-state index in [-0.39, 0.29) is 6.10 Å². The van der Waals surface area contributed by atoms with Crippen molar-refractivity contribution < 1.29 is 9.47 Å². The van der Waals surface area contributed by atoms with Crippen LogP contribution in [0.2, 0.25) is 0 Å². The Morgan fingerprint density at radius 1 is 1.04 bits per heavy atom. The minimum atomic E-state index is 0.0323. The molecule has 2 N–H and O–H groups in total. The van der Waals surface area contributed by atoms with Gasteiger partial charge in [0, 0.05) is 6.54 Å². The molecule has 1 aliphatic heterocycles. The van der Waals surface area contributed by atoms with Crippen molar-refractivity contribution >= 4 is 17.0 Å². The highest BCUT2D eigenvalue weighted by molar-refractivity contribution is 5.83. The van der Waals surface area contributed by atoms with Gasteiger partial charge in [-0.25, -0.2) is 0 Å². The van der Waals surface area contributed by atoms with Gasteiger partial charge in [0.1, 0.15) is 0 Å². The summed E-state index contributed by atoms with van der Waals surface area (Å²) in [6.07, 6.45) is 8.41. The van der Waals surface area contributed by atoms with Crippen molar-refractivity contribution in [2.75, 3.05) is 32.5 Å². The first-order valence-corrected chi connectivity index (χ1v) is 10.6. The number of aromatic nitrogens is 4. The Balaban J connectivity index is 1.64. The first kappa shape index (κ1) is 20.6. The SMILES string of the molecule is CCC(C)Oc1nc(N)c2nc(OC)n(CCCCCN3CCCCC3)c2n1. The number of anilines is 1. The molecule has 0 spiro atoms. The fourth-order valence-corrected chi connectivity index (χ4v) is 3.62. The highest BCUT2D eigenvalue weighted by atomic mass is 16.5. The van der Waals surface area contributed by atoms with E-state index in [0.29, 0.717) is 29.0 Å². The van der Waals surface area contributed by atoms with E-state index >= 15 is 0 Å². The number of ether oxygens (including phenoxy) is 2. The minimum absolute atomic E-state index is 0.0323. The molecule has 0 radical (unpaired) electrons. The standard InChI is InChI=1S/C20H34N6O2/c1-4-15(2)28-19-23-17(21)16-18(24-19)26(20(22-16)27-3)14-10-6-9-13-25-11-7-5-8-12-25/h15H,4-14H2,1-3H3,(H2,21,23,24). The lowest BCUT2D eigenvalue weighted by atomic mass is 10.1. The van der Waals surface area contributed by atoms with Gasteiger partial charge in [-0.2, -0.15) is 15.0 Å². The Labute approximate surface area is 167 Å². The van der Waals surface area contributed by atoms with E-state index in [2.05, 4.69) is 26.8 Å². The van der Waals surface area contributed by atoms with Crippen LogP contribution < -0.4 is 15.2 Å². The number of rotatable bonds is 10. The van der Waals surface area contributed by atoms with E-state index in [1.165, 1.54) is 45.3 Å². The second kappa shape index (κ2) is 9.91. The number of likely N-dealkylation sites (tertiary alicyclic amines) is 1. The van der Waals surface area contributed by atoms with E-state index < -0.39 is 0 Å². The molecule has 0 aliphatic carbocycles. The first-order valence-electron chi connectivity index (χ1n) is 10.6. The summed E-state index contributed by atoms with van der Waals surface area (Å²) in [6.45, 7) is 8.56. The van der Waals surface area contributed by atoms with E-state index in [1.807, 2.05) is 11.5 Å². The molecule has 2 aromatic rings. The van der Waals surface area contributed by atoms with E-state index in [4.69, 9.17) is 15.2 Å². The van der Waals surface area contributed by atoms with Crippen molar-refractivity contribution in [3.8, 4) is 12.0 Å². The van der Waals surface area contributed by atoms with Gasteiger partial charge in [0.15, 0.2) is 17.0 Å². The van der Waals surface area contributed by atoms with Gasteiger partial charge in [0.2, 0.25) is 0 Å². The topological polar surface area (TPSA) is 91.3 Å². The number of hydrogen-bond donors (Lipinski definition) is 1. The van der Waals surface area contributed by atoms with Crippen molar-refractivity contribution in [2.45, 2.75) is 71.4 Å². The van der Waals surface area contributed by atoms with Crippen molar-refractivity contribution in [1.29, 1.82) is 0 Å². The molecule has 156 valence electrons. The summed E-state index contributed by atoms with van der Waals surface area (Å²) in [5.74, 6) is 0.324. The third-order valence-corrected chi connectivity index (χ3v) is 5.43. The number of aryl methyl sites for hydroxylation is 1. The number of piperidine rings is 1. The largest absolute Gasteiger partial charge is 0.468 e. The van der Waals surface area contributed by atoms with Crippen LogP contribution in [0.25, 0.3) is 11.2 Å². The summed E-state index contributed by atoms with van der Waals surface area (Å²) in [5, 5.41) is 0. The molecule has 3 rings (SSSR count). The highest BCUT2D eigenvalue weighted by Crippen LogP contribution is 2.26. The fourth-order valence-electron chi connectivity index (χ4n) is 3.62. The maximum Gasteiger partial charge on any atom is 0.320 e. The van der Waals surface area contributed by atoms with Crippen LogP contribution in [0.5, 0.6) is 12.0 Å². The zero-order chi connectivity index (χ0) is 19.9. The van der Waals surface area contributed by atoms with Gasteiger partial charge < -0.3 is 20.1 Å². The molecule has 8 heteroatoms. The molecule has 8 nitrogen and oxygen atoms in total. The van der Waals surface area contributed by atoms with Gasteiger partial charge >= 0.3 is 6.01 Å². The molecule has 1 saturated heterocycles. The quantitative estimate of drug-likeness (QED) is 0.623. The lowest BCUT2D eigenvalue weighted by Gasteiger charge is -2.26. The minimum Gasteiger partial charge on any atom is -0.468 e. The average molecular weight is 391 g/mol. The molecule has 28 heavy (non-hydrogen) atoms. The maximum absolute atomic E-state index is 6.10. The van der Waals surface area contributed by atoms with Gasteiger partial charge in [0.25, 0.3) is 6.01 Å². The Kier molecular flexibility index (Phi) is 7.30. The predicted octanol–water partition coefficient (Wildman–Crippen LogP) is 3.25. The molecule has 0 bridgehead atoms. The van der Waals surface area contributed by atoms with Crippen LogP contribution in [-0.4, -0.2) is 57.3 Å². The van der Waals surface area contributed by atoms with Crippen LogP contribution in [0.3, 0.4) is 0 Å². The Morgan fingerprint density at radius 2 is 1.79 bits per heavy atom. The Bertz CT molecular complexity index is 757. The van der Waals surface area contributed by atoms with Crippen molar-refractivity contribution in [2.24, 2.45) is 0 Å². The summed E-state index contributed by atoms with van der Waals surface area (Å²) in [7, 11) is 1.62. The Hall–Kier alpha value is -2.09. The van der Waals surface area contributed by atoms with Crippen LogP contribution in [0.15, 0.2) is 0 Å². The molecule has 1 aliphatic rings. The zero-order valence-corrected chi connectivity index (χ0v) is 17.5. The number of fused-ring (bicyclic) bond motifs is 1. The molecule has 0 amide bonds. The molecule has 2 aromatic heterocycles. The summed E-state index contributed by atoms with van der Waals surface area (Å²) in [6, 6.07) is 0.820. The van der Waals surface area contributed by atoms with Crippen LogP contribution in [0.4, 0.5) is 5.82 Å². The van der Waals surface area contributed by atoms with Gasteiger partial charge in [-0.15, -0.1) is 0 Å². The molecule has 3 heterocycles. The maximum atomic E-state index is 6.10. The number of hydrogen-bond acceptors (Lipinski definition) is 7. The second-order valence-corrected chi connectivity index (χ2v) is 7.61. The van der Waals surface area contributed by atoms with Crippen molar-refractivity contribution in [3.63, 3.8) is 0 Å². The number of nitrogen functional groups attached to an aromatic ring is 1. The van der Waals surface area contributed by atoms with Gasteiger partial charge in [-0.1, -0.05) is 19.8 Å². The first-order chi connectivity index (χ1) is 13.6. The van der Waals surface area contributed by atoms with E-state index in [0.717, 1.165) is 25.8 Å². The number of methoxy groups -OCH3 is 1. The number of unbranched alkanes of at least 4 members (excludes halogenated alkanes) is 2. The number of nitrogens with two attached hydrogens (primary N) is 1. The Morgan fingerprint density at radius 3 is 2.50 bits per heavy atom. The lowest BCUT2D eigenvalue weighted by Crippen LogP contribution is -2.30. The van der Waals surface area contributed by atoms with Gasteiger partial charge in [-0.05, 0) is 58.7 Å². The molecule has 0 saturated carbocycles. The fraction of sp³-hybridized carbons (Fsp3) is 0.750. The summed E-state index contributed by atoms with van der Waals surface area (Å²) >= 11 is 0. The smallest absolute Gasteiger partial charge is 0.320 e. The van der Waals surface area contributed by atoms with Gasteiger partial charge in [0.05, 0.1) is 13.2 Å². The van der Waals surface area contributed by atoms with Crippen molar-refractivity contribution in [1.82, 2.24) is 24.4 Å².